The summed E-state index contributed by atoms with van der Waals surface area (Å²) >= 11 is 3.41. The molecule has 0 saturated carbocycles. The molecule has 0 fully saturated rings. The first-order valence-electron chi connectivity index (χ1n) is 6.19. The summed E-state index contributed by atoms with van der Waals surface area (Å²) in [5.41, 5.74) is 0. The van der Waals surface area contributed by atoms with Crippen molar-refractivity contribution in [2.75, 3.05) is 18.1 Å². The van der Waals surface area contributed by atoms with Crippen molar-refractivity contribution in [1.82, 2.24) is 9.36 Å². The zero-order chi connectivity index (χ0) is 12.9. The standard InChI is InChI=1S/C12H23N3S2/c1-6-12(7-2,16-5)8-13-11-14-10(9(3)4)15-17-11/h9H,6-8H2,1-5H3,(H,13,14,15). The predicted molar refractivity (Wildman–Crippen MR) is 79.3 cm³/mol. The van der Waals surface area contributed by atoms with Gasteiger partial charge in [-0.05, 0) is 19.1 Å². The Hall–Kier alpha value is -0.290. The van der Waals surface area contributed by atoms with Gasteiger partial charge >= 0.3 is 0 Å². The van der Waals surface area contributed by atoms with Gasteiger partial charge in [0.05, 0.1) is 0 Å². The van der Waals surface area contributed by atoms with Gasteiger partial charge in [-0.3, -0.25) is 0 Å². The Balaban J connectivity index is 2.59. The minimum Gasteiger partial charge on any atom is -0.359 e. The maximum Gasteiger partial charge on any atom is 0.202 e. The van der Waals surface area contributed by atoms with Gasteiger partial charge in [0.2, 0.25) is 5.13 Å². The fraction of sp³-hybridized carbons (Fsp3) is 0.833. The van der Waals surface area contributed by atoms with Crippen LogP contribution in [0.1, 0.15) is 52.3 Å². The number of nitrogens with zero attached hydrogens (tertiary/aromatic N) is 2. The Kier molecular flexibility index (Phi) is 5.73. The van der Waals surface area contributed by atoms with Crippen LogP contribution in [0.3, 0.4) is 0 Å². The average molecular weight is 273 g/mol. The van der Waals surface area contributed by atoms with Crippen LogP contribution in [0.5, 0.6) is 0 Å². The fourth-order valence-electron chi connectivity index (χ4n) is 1.64. The van der Waals surface area contributed by atoms with Gasteiger partial charge in [0.15, 0.2) is 0 Å². The van der Waals surface area contributed by atoms with E-state index in [9.17, 15) is 0 Å². The number of thioether (sulfide) groups is 1. The van der Waals surface area contributed by atoms with Crippen LogP contribution >= 0.6 is 23.3 Å². The molecule has 3 nitrogen and oxygen atoms in total. The predicted octanol–water partition coefficient (Wildman–Crippen LogP) is 4.00. The van der Waals surface area contributed by atoms with Crippen molar-refractivity contribution in [2.45, 2.75) is 51.2 Å². The van der Waals surface area contributed by atoms with E-state index in [2.05, 4.69) is 48.6 Å². The number of anilines is 1. The molecule has 0 aliphatic rings. The van der Waals surface area contributed by atoms with E-state index < -0.39 is 0 Å². The van der Waals surface area contributed by atoms with Crippen molar-refractivity contribution in [3.63, 3.8) is 0 Å². The van der Waals surface area contributed by atoms with E-state index in [-0.39, 0.29) is 0 Å². The van der Waals surface area contributed by atoms with E-state index in [4.69, 9.17) is 0 Å². The van der Waals surface area contributed by atoms with E-state index in [0.717, 1.165) is 17.5 Å². The van der Waals surface area contributed by atoms with Gasteiger partial charge in [0, 0.05) is 28.7 Å². The molecule has 0 radical (unpaired) electrons. The van der Waals surface area contributed by atoms with Gasteiger partial charge in [-0.1, -0.05) is 27.7 Å². The van der Waals surface area contributed by atoms with Crippen LogP contribution in [0, 0.1) is 0 Å². The van der Waals surface area contributed by atoms with Crippen LogP contribution in [-0.4, -0.2) is 26.9 Å². The third-order valence-electron chi connectivity index (χ3n) is 3.24. The Morgan fingerprint density at radius 3 is 2.41 bits per heavy atom. The molecule has 1 aromatic rings. The molecule has 0 unspecified atom stereocenters. The van der Waals surface area contributed by atoms with Crippen molar-refractivity contribution in [3.05, 3.63) is 5.82 Å². The van der Waals surface area contributed by atoms with Crippen LogP contribution in [0.2, 0.25) is 0 Å². The SMILES string of the molecule is CCC(CC)(CNc1nc(C(C)C)ns1)SC. The smallest absolute Gasteiger partial charge is 0.202 e. The van der Waals surface area contributed by atoms with Crippen LogP contribution in [0.4, 0.5) is 5.13 Å². The number of aromatic nitrogens is 2. The molecule has 5 heteroatoms. The van der Waals surface area contributed by atoms with Crippen molar-refractivity contribution in [1.29, 1.82) is 0 Å². The third kappa shape index (κ3) is 3.85. The highest BCUT2D eigenvalue weighted by Gasteiger charge is 2.25. The number of rotatable bonds is 7. The van der Waals surface area contributed by atoms with Crippen molar-refractivity contribution >= 4 is 28.4 Å². The maximum atomic E-state index is 4.50. The van der Waals surface area contributed by atoms with E-state index in [1.54, 1.807) is 0 Å². The second-order valence-electron chi connectivity index (χ2n) is 4.56. The molecule has 0 aromatic carbocycles. The molecule has 1 aromatic heterocycles. The zero-order valence-corrected chi connectivity index (χ0v) is 13.0. The highest BCUT2D eigenvalue weighted by Crippen LogP contribution is 2.31. The first kappa shape index (κ1) is 14.8. The molecule has 0 amide bonds. The highest BCUT2D eigenvalue weighted by molar-refractivity contribution is 8.00. The summed E-state index contributed by atoms with van der Waals surface area (Å²) in [6, 6.07) is 0. The average Bonchev–Trinajstić information content (AvgIpc) is 2.81. The van der Waals surface area contributed by atoms with E-state index in [1.165, 1.54) is 24.4 Å². The van der Waals surface area contributed by atoms with Gasteiger partial charge in [-0.25, -0.2) is 4.98 Å². The van der Waals surface area contributed by atoms with E-state index in [1.807, 2.05) is 11.8 Å². The van der Waals surface area contributed by atoms with Crippen molar-refractivity contribution in [2.24, 2.45) is 0 Å². The van der Waals surface area contributed by atoms with E-state index in [0.29, 0.717) is 10.7 Å². The molecule has 0 saturated heterocycles. The Morgan fingerprint density at radius 1 is 1.35 bits per heavy atom. The van der Waals surface area contributed by atoms with Gasteiger partial charge in [0.25, 0.3) is 0 Å². The zero-order valence-electron chi connectivity index (χ0n) is 11.4. The summed E-state index contributed by atoms with van der Waals surface area (Å²) in [4.78, 5) is 4.50. The lowest BCUT2D eigenvalue weighted by atomic mass is 10.0. The molecule has 0 bridgehead atoms. The minimum atomic E-state index is 0.323. The second-order valence-corrected chi connectivity index (χ2v) is 6.59. The first-order chi connectivity index (χ1) is 8.06. The molecule has 98 valence electrons. The third-order valence-corrected chi connectivity index (χ3v) is 5.52. The molecule has 0 aliphatic heterocycles. The maximum absolute atomic E-state index is 4.50. The summed E-state index contributed by atoms with van der Waals surface area (Å²) in [5.74, 6) is 1.35. The molecular formula is C12H23N3S2. The summed E-state index contributed by atoms with van der Waals surface area (Å²) < 4.78 is 4.68. The molecule has 17 heavy (non-hydrogen) atoms. The minimum absolute atomic E-state index is 0.323. The topological polar surface area (TPSA) is 37.8 Å². The van der Waals surface area contributed by atoms with E-state index >= 15 is 0 Å². The molecule has 0 spiro atoms. The Bertz CT molecular complexity index is 324. The fourth-order valence-corrected chi connectivity index (χ4v) is 3.14. The van der Waals surface area contributed by atoms with Crippen LogP contribution in [0.15, 0.2) is 0 Å². The Labute approximate surface area is 113 Å². The Morgan fingerprint density at radius 2 is 2.00 bits per heavy atom. The van der Waals surface area contributed by atoms with Crippen LogP contribution in [-0.2, 0) is 0 Å². The monoisotopic (exact) mass is 273 g/mol. The summed E-state index contributed by atoms with van der Waals surface area (Å²) in [7, 11) is 0. The lowest BCUT2D eigenvalue weighted by Crippen LogP contribution is -2.31. The summed E-state index contributed by atoms with van der Waals surface area (Å²) in [5, 5.41) is 4.39. The second kappa shape index (κ2) is 6.59. The lowest BCUT2D eigenvalue weighted by Gasteiger charge is -2.29. The molecule has 0 atom stereocenters. The number of hydrogen-bond donors (Lipinski definition) is 1. The lowest BCUT2D eigenvalue weighted by molar-refractivity contribution is 0.574. The van der Waals surface area contributed by atoms with Crippen molar-refractivity contribution < 1.29 is 0 Å². The van der Waals surface area contributed by atoms with Crippen molar-refractivity contribution in [3.8, 4) is 0 Å². The summed E-state index contributed by atoms with van der Waals surface area (Å²) in [6.07, 6.45) is 4.54. The molecule has 1 heterocycles. The van der Waals surface area contributed by atoms with Gasteiger partial charge in [-0.2, -0.15) is 16.1 Å². The van der Waals surface area contributed by atoms with Gasteiger partial charge in [-0.15, -0.1) is 0 Å². The largest absolute Gasteiger partial charge is 0.359 e. The molecule has 0 aliphatic carbocycles. The highest BCUT2D eigenvalue weighted by atomic mass is 32.2. The quantitative estimate of drug-likeness (QED) is 0.815. The number of nitrogens with one attached hydrogen (secondary N) is 1. The molecular weight excluding hydrogens is 250 g/mol. The van der Waals surface area contributed by atoms with Gasteiger partial charge in [0.1, 0.15) is 5.82 Å². The number of hydrogen-bond acceptors (Lipinski definition) is 5. The normalized spacial score (nSPS) is 12.1. The first-order valence-corrected chi connectivity index (χ1v) is 8.19. The summed E-state index contributed by atoms with van der Waals surface area (Å²) in [6.45, 7) is 9.71. The van der Waals surface area contributed by atoms with Gasteiger partial charge < -0.3 is 5.32 Å². The van der Waals surface area contributed by atoms with Crippen LogP contribution < -0.4 is 5.32 Å². The van der Waals surface area contributed by atoms with Crippen LogP contribution in [0.25, 0.3) is 0 Å². The molecule has 1 rings (SSSR count). The molecule has 1 N–H and O–H groups in total.